The lowest BCUT2D eigenvalue weighted by atomic mass is 10.2. The van der Waals surface area contributed by atoms with Crippen LogP contribution >= 0.6 is 15.9 Å². The predicted molar refractivity (Wildman–Crippen MR) is 90.7 cm³/mol. The lowest BCUT2D eigenvalue weighted by molar-refractivity contribution is 0.833. The molecule has 0 saturated heterocycles. The molecule has 4 N–H and O–H groups in total. The lowest BCUT2D eigenvalue weighted by Gasteiger charge is -2.14. The number of rotatable bonds is 5. The first kappa shape index (κ1) is 15.7. The van der Waals surface area contributed by atoms with Crippen LogP contribution in [0.3, 0.4) is 0 Å². The SMILES string of the molecule is CCCc1nc(NN)c(C)c(Nc2ccc(Br)c(C)c2)n1. The molecule has 21 heavy (non-hydrogen) atoms. The van der Waals surface area contributed by atoms with Gasteiger partial charge in [-0.25, -0.2) is 15.8 Å². The third-order valence-corrected chi connectivity index (χ3v) is 4.11. The second kappa shape index (κ2) is 6.87. The number of aromatic nitrogens is 2. The van der Waals surface area contributed by atoms with Gasteiger partial charge in [-0.1, -0.05) is 22.9 Å². The second-order valence-corrected chi connectivity index (χ2v) is 5.80. The topological polar surface area (TPSA) is 75.9 Å². The molecular weight excluding hydrogens is 330 g/mol. The number of nitrogens with two attached hydrogens (primary N) is 1. The summed E-state index contributed by atoms with van der Waals surface area (Å²) in [5, 5.41) is 3.35. The first-order chi connectivity index (χ1) is 10.0. The van der Waals surface area contributed by atoms with Gasteiger partial charge in [0.25, 0.3) is 0 Å². The Kier molecular flexibility index (Phi) is 5.14. The maximum Gasteiger partial charge on any atom is 0.148 e. The van der Waals surface area contributed by atoms with Crippen LogP contribution < -0.4 is 16.6 Å². The van der Waals surface area contributed by atoms with Gasteiger partial charge in [0.2, 0.25) is 0 Å². The normalized spacial score (nSPS) is 10.5. The highest BCUT2D eigenvalue weighted by Crippen LogP contribution is 2.26. The minimum atomic E-state index is 0.657. The Morgan fingerprint density at radius 3 is 2.52 bits per heavy atom. The average molecular weight is 350 g/mol. The van der Waals surface area contributed by atoms with E-state index in [0.29, 0.717) is 5.82 Å². The van der Waals surface area contributed by atoms with Crippen LogP contribution in [0.25, 0.3) is 0 Å². The maximum absolute atomic E-state index is 5.55. The Labute approximate surface area is 133 Å². The Hall–Kier alpha value is -1.66. The number of halogens is 1. The zero-order valence-electron chi connectivity index (χ0n) is 12.5. The minimum absolute atomic E-state index is 0.657. The molecule has 0 fully saturated rings. The highest BCUT2D eigenvalue weighted by Gasteiger charge is 2.10. The number of hydrogen-bond acceptors (Lipinski definition) is 5. The standard InChI is InChI=1S/C15H20BrN5/c1-4-5-13-19-14(10(3)15(20-13)21-17)18-11-6-7-12(16)9(2)8-11/h6-8H,4-5,17H2,1-3H3,(H2,18,19,20,21). The molecule has 1 aromatic carbocycles. The highest BCUT2D eigenvalue weighted by atomic mass is 79.9. The van der Waals surface area contributed by atoms with Crippen molar-refractivity contribution in [3.8, 4) is 0 Å². The van der Waals surface area contributed by atoms with E-state index in [1.165, 1.54) is 0 Å². The summed E-state index contributed by atoms with van der Waals surface area (Å²) >= 11 is 3.50. The van der Waals surface area contributed by atoms with Gasteiger partial charge in [0.15, 0.2) is 0 Å². The summed E-state index contributed by atoms with van der Waals surface area (Å²) < 4.78 is 1.09. The highest BCUT2D eigenvalue weighted by molar-refractivity contribution is 9.10. The fraction of sp³-hybridized carbons (Fsp3) is 0.333. The van der Waals surface area contributed by atoms with Crippen LogP contribution in [-0.4, -0.2) is 9.97 Å². The Bertz CT molecular complexity index is 642. The van der Waals surface area contributed by atoms with E-state index >= 15 is 0 Å². The molecule has 2 rings (SSSR count). The molecule has 0 amide bonds. The number of nitrogens with one attached hydrogen (secondary N) is 2. The number of benzene rings is 1. The van der Waals surface area contributed by atoms with Gasteiger partial charge in [-0.2, -0.15) is 0 Å². The number of aryl methyl sites for hydroxylation is 2. The third-order valence-electron chi connectivity index (χ3n) is 3.22. The zero-order valence-corrected chi connectivity index (χ0v) is 14.1. The smallest absolute Gasteiger partial charge is 0.148 e. The minimum Gasteiger partial charge on any atom is -0.340 e. The van der Waals surface area contributed by atoms with Crippen molar-refractivity contribution in [1.29, 1.82) is 0 Å². The molecule has 5 nitrogen and oxygen atoms in total. The van der Waals surface area contributed by atoms with Crippen LogP contribution in [0.4, 0.5) is 17.3 Å². The van der Waals surface area contributed by atoms with Crippen molar-refractivity contribution in [2.24, 2.45) is 5.84 Å². The molecular formula is C15H20BrN5. The van der Waals surface area contributed by atoms with Gasteiger partial charge in [-0.05, 0) is 44.0 Å². The number of hydrogen-bond donors (Lipinski definition) is 3. The summed E-state index contributed by atoms with van der Waals surface area (Å²) in [4.78, 5) is 9.01. The maximum atomic E-state index is 5.55. The van der Waals surface area contributed by atoms with E-state index < -0.39 is 0 Å². The molecule has 0 bridgehead atoms. The third kappa shape index (κ3) is 3.71. The number of hydrazine groups is 1. The molecule has 6 heteroatoms. The zero-order chi connectivity index (χ0) is 15.4. The molecule has 112 valence electrons. The van der Waals surface area contributed by atoms with E-state index in [1.54, 1.807) is 0 Å². The van der Waals surface area contributed by atoms with E-state index in [0.717, 1.165) is 45.8 Å². The molecule has 0 atom stereocenters. The largest absolute Gasteiger partial charge is 0.340 e. The van der Waals surface area contributed by atoms with Crippen LogP contribution in [0.1, 0.15) is 30.3 Å². The van der Waals surface area contributed by atoms with Crippen molar-refractivity contribution in [3.05, 3.63) is 39.6 Å². The Morgan fingerprint density at radius 1 is 1.19 bits per heavy atom. The van der Waals surface area contributed by atoms with Crippen LogP contribution in [0.5, 0.6) is 0 Å². The van der Waals surface area contributed by atoms with Gasteiger partial charge in [0, 0.05) is 22.1 Å². The van der Waals surface area contributed by atoms with Crippen molar-refractivity contribution in [2.45, 2.75) is 33.6 Å². The van der Waals surface area contributed by atoms with Crippen LogP contribution in [0.2, 0.25) is 0 Å². The van der Waals surface area contributed by atoms with Crippen molar-refractivity contribution >= 4 is 33.3 Å². The summed E-state index contributed by atoms with van der Waals surface area (Å²) in [5.74, 6) is 7.77. The van der Waals surface area contributed by atoms with Crippen LogP contribution in [-0.2, 0) is 6.42 Å². The first-order valence-electron chi connectivity index (χ1n) is 6.92. The van der Waals surface area contributed by atoms with E-state index in [-0.39, 0.29) is 0 Å². The average Bonchev–Trinajstić information content (AvgIpc) is 2.46. The molecule has 2 aromatic rings. The van der Waals surface area contributed by atoms with E-state index in [9.17, 15) is 0 Å². The van der Waals surface area contributed by atoms with Gasteiger partial charge in [0.05, 0.1) is 0 Å². The van der Waals surface area contributed by atoms with E-state index in [4.69, 9.17) is 5.84 Å². The Balaban J connectivity index is 2.37. The lowest BCUT2D eigenvalue weighted by Crippen LogP contribution is -2.14. The summed E-state index contributed by atoms with van der Waals surface area (Å²) in [6, 6.07) is 6.09. The fourth-order valence-corrected chi connectivity index (χ4v) is 2.27. The first-order valence-corrected chi connectivity index (χ1v) is 7.71. The number of anilines is 3. The number of nitrogens with zero attached hydrogens (tertiary/aromatic N) is 2. The molecule has 0 saturated carbocycles. The summed E-state index contributed by atoms with van der Waals surface area (Å²) in [6.45, 7) is 6.10. The van der Waals surface area contributed by atoms with Gasteiger partial charge in [0.1, 0.15) is 17.5 Å². The summed E-state index contributed by atoms with van der Waals surface area (Å²) in [6.07, 6.45) is 1.81. The van der Waals surface area contributed by atoms with Crippen molar-refractivity contribution in [1.82, 2.24) is 9.97 Å². The molecule has 1 aromatic heterocycles. The molecule has 0 unspecified atom stereocenters. The quantitative estimate of drug-likeness (QED) is 0.564. The predicted octanol–water partition coefficient (Wildman–Crippen LogP) is 3.84. The molecule has 0 radical (unpaired) electrons. The van der Waals surface area contributed by atoms with E-state index in [1.807, 2.05) is 19.1 Å². The van der Waals surface area contributed by atoms with Crippen molar-refractivity contribution in [2.75, 3.05) is 10.7 Å². The second-order valence-electron chi connectivity index (χ2n) is 4.95. The number of nitrogen functional groups attached to an aromatic ring is 1. The van der Waals surface area contributed by atoms with Gasteiger partial charge in [-0.15, -0.1) is 0 Å². The summed E-state index contributed by atoms with van der Waals surface area (Å²) in [5.41, 5.74) is 5.70. The fourth-order valence-electron chi connectivity index (χ4n) is 2.02. The molecule has 1 heterocycles. The monoisotopic (exact) mass is 349 g/mol. The van der Waals surface area contributed by atoms with Gasteiger partial charge in [-0.3, -0.25) is 0 Å². The van der Waals surface area contributed by atoms with Gasteiger partial charge >= 0.3 is 0 Å². The Morgan fingerprint density at radius 2 is 1.90 bits per heavy atom. The molecule has 0 spiro atoms. The van der Waals surface area contributed by atoms with Crippen LogP contribution in [0.15, 0.2) is 22.7 Å². The van der Waals surface area contributed by atoms with Crippen molar-refractivity contribution < 1.29 is 0 Å². The van der Waals surface area contributed by atoms with Crippen LogP contribution in [0, 0.1) is 13.8 Å². The molecule has 0 aliphatic rings. The molecule has 0 aliphatic carbocycles. The van der Waals surface area contributed by atoms with Gasteiger partial charge < -0.3 is 10.7 Å². The summed E-state index contributed by atoms with van der Waals surface area (Å²) in [7, 11) is 0. The molecule has 0 aliphatic heterocycles. The van der Waals surface area contributed by atoms with Crippen molar-refractivity contribution in [3.63, 3.8) is 0 Å². The van der Waals surface area contributed by atoms with E-state index in [2.05, 4.69) is 56.6 Å².